The standard InChI is InChI=1S/C16H24N2S/c1-2-4-14(5-3-1)16(15-6-12-19-13-7-15)18-10-8-17-9-11-18/h1-5,15-17H,6-13H2/t16-/m1/s1. The highest BCUT2D eigenvalue weighted by Gasteiger charge is 2.30. The van der Waals surface area contributed by atoms with E-state index < -0.39 is 0 Å². The molecule has 0 aliphatic carbocycles. The first-order valence-electron chi connectivity index (χ1n) is 7.52. The van der Waals surface area contributed by atoms with Crippen LogP contribution in [0.4, 0.5) is 0 Å². The maximum atomic E-state index is 3.48. The predicted octanol–water partition coefficient (Wildman–Crippen LogP) is 2.78. The van der Waals surface area contributed by atoms with Gasteiger partial charge in [-0.15, -0.1) is 0 Å². The molecule has 0 radical (unpaired) electrons. The average molecular weight is 276 g/mol. The summed E-state index contributed by atoms with van der Waals surface area (Å²) in [6, 6.07) is 11.8. The zero-order valence-electron chi connectivity index (χ0n) is 11.6. The fraction of sp³-hybridized carbons (Fsp3) is 0.625. The average Bonchev–Trinajstić information content (AvgIpc) is 2.51. The highest BCUT2D eigenvalue weighted by molar-refractivity contribution is 7.99. The van der Waals surface area contributed by atoms with Crippen molar-refractivity contribution in [2.24, 2.45) is 5.92 Å². The van der Waals surface area contributed by atoms with Crippen molar-refractivity contribution in [1.82, 2.24) is 10.2 Å². The van der Waals surface area contributed by atoms with Crippen LogP contribution in [-0.4, -0.2) is 42.6 Å². The Morgan fingerprint density at radius 2 is 1.74 bits per heavy atom. The van der Waals surface area contributed by atoms with Gasteiger partial charge in [0.2, 0.25) is 0 Å². The summed E-state index contributed by atoms with van der Waals surface area (Å²) in [7, 11) is 0. The first-order chi connectivity index (χ1) is 9.45. The van der Waals surface area contributed by atoms with Crippen molar-refractivity contribution in [3.05, 3.63) is 35.9 Å². The molecule has 0 aromatic heterocycles. The van der Waals surface area contributed by atoms with Gasteiger partial charge in [0.15, 0.2) is 0 Å². The van der Waals surface area contributed by atoms with Gasteiger partial charge in [-0.1, -0.05) is 30.3 Å². The third-order valence-electron chi connectivity index (χ3n) is 4.40. The molecule has 0 spiro atoms. The van der Waals surface area contributed by atoms with Crippen molar-refractivity contribution < 1.29 is 0 Å². The van der Waals surface area contributed by atoms with Crippen LogP contribution in [0.25, 0.3) is 0 Å². The van der Waals surface area contributed by atoms with E-state index in [4.69, 9.17) is 0 Å². The molecule has 0 unspecified atom stereocenters. The second kappa shape index (κ2) is 6.78. The van der Waals surface area contributed by atoms with Gasteiger partial charge in [0.1, 0.15) is 0 Å². The maximum Gasteiger partial charge on any atom is 0.0377 e. The first kappa shape index (κ1) is 13.5. The van der Waals surface area contributed by atoms with Gasteiger partial charge in [0.25, 0.3) is 0 Å². The van der Waals surface area contributed by atoms with E-state index in [0.717, 1.165) is 19.0 Å². The van der Waals surface area contributed by atoms with Crippen LogP contribution in [0.1, 0.15) is 24.4 Å². The molecule has 0 saturated carbocycles. The summed E-state index contributed by atoms with van der Waals surface area (Å²) in [4.78, 5) is 2.71. The Morgan fingerprint density at radius 1 is 1.05 bits per heavy atom. The number of nitrogens with zero attached hydrogens (tertiary/aromatic N) is 1. The lowest BCUT2D eigenvalue weighted by Crippen LogP contribution is -2.47. The molecule has 3 rings (SSSR count). The molecule has 2 fully saturated rings. The molecular formula is C16H24N2S. The maximum absolute atomic E-state index is 3.48. The van der Waals surface area contributed by atoms with Crippen LogP contribution in [0.2, 0.25) is 0 Å². The number of piperazine rings is 1. The van der Waals surface area contributed by atoms with Crippen LogP contribution >= 0.6 is 11.8 Å². The van der Waals surface area contributed by atoms with Crippen LogP contribution in [0.5, 0.6) is 0 Å². The zero-order chi connectivity index (χ0) is 12.9. The lowest BCUT2D eigenvalue weighted by atomic mass is 9.87. The Hall–Kier alpha value is -0.510. The lowest BCUT2D eigenvalue weighted by molar-refractivity contribution is 0.119. The molecule has 0 amide bonds. The second-order valence-electron chi connectivity index (χ2n) is 5.59. The Morgan fingerprint density at radius 3 is 2.42 bits per heavy atom. The highest BCUT2D eigenvalue weighted by Crippen LogP contribution is 2.37. The molecule has 2 aliphatic heterocycles. The van der Waals surface area contributed by atoms with E-state index in [1.54, 1.807) is 0 Å². The minimum Gasteiger partial charge on any atom is -0.314 e. The number of nitrogens with one attached hydrogen (secondary N) is 1. The van der Waals surface area contributed by atoms with Gasteiger partial charge in [0.05, 0.1) is 0 Å². The molecule has 0 bridgehead atoms. The molecular weight excluding hydrogens is 252 g/mol. The second-order valence-corrected chi connectivity index (χ2v) is 6.82. The van der Waals surface area contributed by atoms with Gasteiger partial charge in [-0.05, 0) is 35.8 Å². The van der Waals surface area contributed by atoms with Gasteiger partial charge in [-0.2, -0.15) is 11.8 Å². The number of hydrogen-bond donors (Lipinski definition) is 1. The van der Waals surface area contributed by atoms with Crippen LogP contribution in [-0.2, 0) is 0 Å². The van der Waals surface area contributed by atoms with Crippen LogP contribution < -0.4 is 5.32 Å². The summed E-state index contributed by atoms with van der Waals surface area (Å²) in [5, 5.41) is 3.48. The molecule has 1 aromatic rings. The molecule has 2 heterocycles. The van der Waals surface area contributed by atoms with Crippen LogP contribution in [0.3, 0.4) is 0 Å². The summed E-state index contributed by atoms with van der Waals surface area (Å²) in [5.74, 6) is 3.54. The van der Waals surface area contributed by atoms with E-state index in [2.05, 4.69) is 52.3 Å². The summed E-state index contributed by atoms with van der Waals surface area (Å²) in [6.45, 7) is 4.68. The minimum atomic E-state index is 0.643. The summed E-state index contributed by atoms with van der Waals surface area (Å²) in [6.07, 6.45) is 2.77. The zero-order valence-corrected chi connectivity index (χ0v) is 12.4. The molecule has 2 aliphatic rings. The van der Waals surface area contributed by atoms with E-state index in [1.807, 2.05) is 0 Å². The van der Waals surface area contributed by atoms with E-state index in [-0.39, 0.29) is 0 Å². The van der Waals surface area contributed by atoms with Crippen LogP contribution in [0, 0.1) is 5.92 Å². The number of hydrogen-bond acceptors (Lipinski definition) is 3. The van der Waals surface area contributed by atoms with Crippen molar-refractivity contribution in [3.63, 3.8) is 0 Å². The van der Waals surface area contributed by atoms with Crippen LogP contribution in [0.15, 0.2) is 30.3 Å². The number of thioether (sulfide) groups is 1. The molecule has 2 saturated heterocycles. The molecule has 19 heavy (non-hydrogen) atoms. The minimum absolute atomic E-state index is 0.643. The fourth-order valence-corrected chi connectivity index (χ4v) is 4.57. The first-order valence-corrected chi connectivity index (χ1v) is 8.68. The van der Waals surface area contributed by atoms with Gasteiger partial charge >= 0.3 is 0 Å². The Kier molecular flexibility index (Phi) is 4.81. The van der Waals surface area contributed by atoms with E-state index >= 15 is 0 Å². The SMILES string of the molecule is c1ccc([C@H](C2CCSCC2)N2CCNCC2)cc1. The lowest BCUT2D eigenvalue weighted by Gasteiger charge is -2.41. The van der Waals surface area contributed by atoms with E-state index in [9.17, 15) is 0 Å². The summed E-state index contributed by atoms with van der Waals surface area (Å²) < 4.78 is 0. The van der Waals surface area contributed by atoms with E-state index in [1.165, 1.54) is 43.0 Å². The fourth-order valence-electron chi connectivity index (χ4n) is 3.42. The van der Waals surface area contributed by atoms with Gasteiger partial charge in [-0.3, -0.25) is 4.90 Å². The van der Waals surface area contributed by atoms with Crippen molar-refractivity contribution in [2.75, 3.05) is 37.7 Å². The van der Waals surface area contributed by atoms with Gasteiger partial charge in [-0.25, -0.2) is 0 Å². The Labute approximate surface area is 121 Å². The number of benzene rings is 1. The Bertz CT molecular complexity index is 352. The largest absolute Gasteiger partial charge is 0.314 e. The predicted molar refractivity (Wildman–Crippen MR) is 83.7 cm³/mol. The van der Waals surface area contributed by atoms with Crippen molar-refractivity contribution >= 4 is 11.8 Å². The highest BCUT2D eigenvalue weighted by atomic mass is 32.2. The van der Waals surface area contributed by atoms with Crippen molar-refractivity contribution in [1.29, 1.82) is 0 Å². The summed E-state index contributed by atoms with van der Waals surface area (Å²) in [5.41, 5.74) is 1.53. The quantitative estimate of drug-likeness (QED) is 0.914. The topological polar surface area (TPSA) is 15.3 Å². The van der Waals surface area contributed by atoms with Crippen molar-refractivity contribution in [3.8, 4) is 0 Å². The molecule has 1 N–H and O–H groups in total. The Balaban J connectivity index is 1.81. The third-order valence-corrected chi connectivity index (χ3v) is 5.45. The van der Waals surface area contributed by atoms with Gasteiger partial charge < -0.3 is 5.32 Å². The monoisotopic (exact) mass is 276 g/mol. The van der Waals surface area contributed by atoms with Crippen molar-refractivity contribution in [2.45, 2.75) is 18.9 Å². The molecule has 2 nitrogen and oxygen atoms in total. The molecule has 3 heteroatoms. The smallest absolute Gasteiger partial charge is 0.0377 e. The normalized spacial score (nSPS) is 24.2. The molecule has 1 atom stereocenters. The molecule has 104 valence electrons. The number of rotatable bonds is 3. The van der Waals surface area contributed by atoms with E-state index in [0.29, 0.717) is 6.04 Å². The van der Waals surface area contributed by atoms with Gasteiger partial charge in [0, 0.05) is 32.2 Å². The molecule has 1 aromatic carbocycles. The third kappa shape index (κ3) is 3.33. The summed E-state index contributed by atoms with van der Waals surface area (Å²) >= 11 is 2.13.